The van der Waals surface area contributed by atoms with Crippen molar-refractivity contribution in [3.63, 3.8) is 0 Å². The Balaban J connectivity index is 1.90. The summed E-state index contributed by atoms with van der Waals surface area (Å²) < 4.78 is 5.88. The number of nitrogens with zero attached hydrogens (tertiary/aromatic N) is 1. The summed E-state index contributed by atoms with van der Waals surface area (Å²) in [5, 5.41) is 2.62. The molecule has 0 aliphatic carbocycles. The summed E-state index contributed by atoms with van der Waals surface area (Å²) in [5.74, 6) is 0.559. The molecule has 0 fully saturated rings. The lowest BCUT2D eigenvalue weighted by Crippen LogP contribution is -2.00. The molecule has 1 aromatic carbocycles. The first-order valence-electron chi connectivity index (χ1n) is 6.83. The zero-order valence-electron chi connectivity index (χ0n) is 11.5. The maximum Gasteiger partial charge on any atom is 0.193 e. The Kier molecular flexibility index (Phi) is 3.09. The molecule has 0 atom stereocenters. The fourth-order valence-corrected chi connectivity index (χ4v) is 3.13. The first-order valence-corrected chi connectivity index (χ1v) is 7.71. The van der Waals surface area contributed by atoms with Gasteiger partial charge >= 0.3 is 0 Å². The molecule has 22 heavy (non-hydrogen) atoms. The molecular formula is C18H11NO2S. The molecule has 3 nitrogen and oxygen atoms in total. The summed E-state index contributed by atoms with van der Waals surface area (Å²) in [5.41, 5.74) is 2.44. The highest BCUT2D eigenvalue weighted by Gasteiger charge is 2.08. The number of fused-ring (bicyclic) bond motifs is 1. The van der Waals surface area contributed by atoms with Gasteiger partial charge in [0.05, 0.1) is 5.39 Å². The van der Waals surface area contributed by atoms with Crippen molar-refractivity contribution in [3.05, 3.63) is 76.5 Å². The van der Waals surface area contributed by atoms with Crippen LogP contribution in [0, 0.1) is 0 Å². The number of rotatable bonds is 2. The van der Waals surface area contributed by atoms with Crippen molar-refractivity contribution >= 4 is 22.3 Å². The normalized spacial score (nSPS) is 10.9. The minimum atomic E-state index is -0.0357. The van der Waals surface area contributed by atoms with E-state index >= 15 is 0 Å². The molecule has 0 saturated carbocycles. The van der Waals surface area contributed by atoms with Crippen LogP contribution in [0.5, 0.6) is 0 Å². The minimum Gasteiger partial charge on any atom is -0.456 e. The van der Waals surface area contributed by atoms with Crippen LogP contribution in [0.15, 0.2) is 75.5 Å². The minimum absolute atomic E-state index is 0.0357. The highest BCUT2D eigenvalue weighted by Crippen LogP contribution is 2.28. The lowest BCUT2D eigenvalue weighted by Gasteiger charge is -2.04. The van der Waals surface area contributed by atoms with Gasteiger partial charge in [0.2, 0.25) is 0 Å². The zero-order valence-corrected chi connectivity index (χ0v) is 12.3. The summed E-state index contributed by atoms with van der Waals surface area (Å²) >= 11 is 1.65. The van der Waals surface area contributed by atoms with Crippen LogP contribution >= 0.6 is 11.3 Å². The second-order valence-corrected chi connectivity index (χ2v) is 5.85. The molecule has 0 saturated heterocycles. The molecule has 0 amide bonds. The van der Waals surface area contributed by atoms with E-state index in [-0.39, 0.29) is 5.43 Å². The van der Waals surface area contributed by atoms with E-state index in [4.69, 9.17) is 4.42 Å². The largest absolute Gasteiger partial charge is 0.456 e. The SMILES string of the molecule is O=c1cc(-c2ccncc2)oc2ccc(-c3cccs3)cc12. The van der Waals surface area contributed by atoms with Crippen LogP contribution in [-0.4, -0.2) is 4.98 Å². The summed E-state index contributed by atoms with van der Waals surface area (Å²) in [6.45, 7) is 0. The third-order valence-electron chi connectivity index (χ3n) is 3.50. The summed E-state index contributed by atoms with van der Waals surface area (Å²) in [6, 6.07) is 15.0. The second kappa shape index (κ2) is 5.24. The van der Waals surface area contributed by atoms with Gasteiger partial charge in [0.25, 0.3) is 0 Å². The number of hydrogen-bond donors (Lipinski definition) is 0. The highest BCUT2D eigenvalue weighted by atomic mass is 32.1. The molecule has 4 rings (SSSR count). The molecule has 0 radical (unpaired) electrons. The summed E-state index contributed by atoms with van der Waals surface area (Å²) in [4.78, 5) is 17.5. The van der Waals surface area contributed by atoms with E-state index in [1.54, 1.807) is 23.7 Å². The van der Waals surface area contributed by atoms with Crippen LogP contribution < -0.4 is 5.43 Å². The molecule has 0 unspecified atom stereocenters. The van der Waals surface area contributed by atoms with E-state index in [0.717, 1.165) is 16.0 Å². The smallest absolute Gasteiger partial charge is 0.193 e. The van der Waals surface area contributed by atoms with Gasteiger partial charge < -0.3 is 4.42 Å². The summed E-state index contributed by atoms with van der Waals surface area (Å²) in [7, 11) is 0. The van der Waals surface area contributed by atoms with E-state index in [1.807, 2.05) is 47.8 Å². The first-order chi connectivity index (χ1) is 10.8. The molecular weight excluding hydrogens is 294 g/mol. The molecule has 0 spiro atoms. The Hall–Kier alpha value is -2.72. The van der Waals surface area contributed by atoms with Crippen molar-refractivity contribution in [3.8, 4) is 21.8 Å². The van der Waals surface area contributed by atoms with Gasteiger partial charge in [-0.1, -0.05) is 6.07 Å². The molecule has 4 aromatic rings. The van der Waals surface area contributed by atoms with Crippen LogP contribution in [0.1, 0.15) is 0 Å². The van der Waals surface area contributed by atoms with E-state index in [0.29, 0.717) is 16.7 Å². The van der Waals surface area contributed by atoms with Gasteiger partial charge in [0, 0.05) is 28.9 Å². The molecule has 4 heteroatoms. The average Bonchev–Trinajstić information content (AvgIpc) is 3.10. The van der Waals surface area contributed by atoms with E-state index in [9.17, 15) is 4.79 Å². The Morgan fingerprint density at radius 3 is 2.59 bits per heavy atom. The lowest BCUT2D eigenvalue weighted by atomic mass is 10.1. The second-order valence-electron chi connectivity index (χ2n) is 4.90. The fourth-order valence-electron chi connectivity index (χ4n) is 2.41. The molecule has 106 valence electrons. The van der Waals surface area contributed by atoms with Crippen molar-refractivity contribution in [2.45, 2.75) is 0 Å². The van der Waals surface area contributed by atoms with E-state index in [1.165, 1.54) is 6.07 Å². The zero-order chi connectivity index (χ0) is 14.9. The molecule has 3 heterocycles. The molecule has 0 aliphatic rings. The van der Waals surface area contributed by atoms with Gasteiger partial charge in [0.15, 0.2) is 5.43 Å². The van der Waals surface area contributed by atoms with Crippen molar-refractivity contribution in [1.82, 2.24) is 4.98 Å². The van der Waals surface area contributed by atoms with Gasteiger partial charge in [-0.2, -0.15) is 0 Å². The molecule has 0 N–H and O–H groups in total. The van der Waals surface area contributed by atoms with E-state index < -0.39 is 0 Å². The van der Waals surface area contributed by atoms with Gasteiger partial charge in [-0.05, 0) is 47.3 Å². The number of thiophene rings is 1. The molecule has 0 aliphatic heterocycles. The van der Waals surface area contributed by atoms with Crippen molar-refractivity contribution in [2.24, 2.45) is 0 Å². The maximum atomic E-state index is 12.4. The summed E-state index contributed by atoms with van der Waals surface area (Å²) in [6.07, 6.45) is 3.36. The third kappa shape index (κ3) is 2.23. The average molecular weight is 305 g/mol. The number of benzene rings is 1. The topological polar surface area (TPSA) is 43.1 Å². The highest BCUT2D eigenvalue weighted by molar-refractivity contribution is 7.13. The number of aromatic nitrogens is 1. The predicted molar refractivity (Wildman–Crippen MR) is 89.0 cm³/mol. The van der Waals surface area contributed by atoms with Gasteiger partial charge in [-0.3, -0.25) is 9.78 Å². The predicted octanol–water partition coefficient (Wildman–Crippen LogP) is 4.58. The Morgan fingerprint density at radius 1 is 0.955 bits per heavy atom. The van der Waals surface area contributed by atoms with Crippen LogP contribution in [0.3, 0.4) is 0 Å². The Labute approximate surface area is 130 Å². The van der Waals surface area contributed by atoms with Crippen LogP contribution in [-0.2, 0) is 0 Å². The van der Waals surface area contributed by atoms with Gasteiger partial charge in [-0.25, -0.2) is 0 Å². The maximum absolute atomic E-state index is 12.4. The monoisotopic (exact) mass is 305 g/mol. The number of hydrogen-bond acceptors (Lipinski definition) is 4. The van der Waals surface area contributed by atoms with Gasteiger partial charge in [-0.15, -0.1) is 11.3 Å². The Morgan fingerprint density at radius 2 is 1.82 bits per heavy atom. The standard InChI is InChI=1S/C18H11NO2S/c20-15-11-17(12-5-7-19-8-6-12)21-16-4-3-13(10-14(15)16)18-2-1-9-22-18/h1-11H. The molecule has 0 bridgehead atoms. The molecule has 3 aromatic heterocycles. The van der Waals surface area contributed by atoms with E-state index in [2.05, 4.69) is 4.98 Å². The van der Waals surface area contributed by atoms with Crippen LogP contribution in [0.4, 0.5) is 0 Å². The first kappa shape index (κ1) is 13.0. The quantitative estimate of drug-likeness (QED) is 0.544. The van der Waals surface area contributed by atoms with Crippen molar-refractivity contribution in [1.29, 1.82) is 0 Å². The van der Waals surface area contributed by atoms with Gasteiger partial charge in [0.1, 0.15) is 11.3 Å². The third-order valence-corrected chi connectivity index (χ3v) is 4.42. The van der Waals surface area contributed by atoms with Crippen molar-refractivity contribution < 1.29 is 4.42 Å². The van der Waals surface area contributed by atoms with Crippen LogP contribution in [0.25, 0.3) is 32.7 Å². The number of pyridine rings is 1. The fraction of sp³-hybridized carbons (Fsp3) is 0. The Bertz CT molecular complexity index is 989. The lowest BCUT2D eigenvalue weighted by molar-refractivity contribution is 0.619. The van der Waals surface area contributed by atoms with Crippen LogP contribution in [0.2, 0.25) is 0 Å². The van der Waals surface area contributed by atoms with Crippen molar-refractivity contribution in [2.75, 3.05) is 0 Å².